The number of nitrogens with zero attached hydrogens (tertiary/aromatic N) is 2. The van der Waals surface area contributed by atoms with E-state index in [0.29, 0.717) is 5.69 Å². The second-order valence-corrected chi connectivity index (χ2v) is 11.7. The molecule has 38 heavy (non-hydrogen) atoms. The van der Waals surface area contributed by atoms with Crippen molar-refractivity contribution in [3.63, 3.8) is 0 Å². The highest BCUT2D eigenvalue weighted by Crippen LogP contribution is 2.25. The van der Waals surface area contributed by atoms with Crippen molar-refractivity contribution < 1.29 is 18.0 Å². The number of hydrogen-bond donors (Lipinski definition) is 1. The van der Waals surface area contributed by atoms with Crippen LogP contribution in [0.15, 0.2) is 89.8 Å². The van der Waals surface area contributed by atoms with E-state index < -0.39 is 28.5 Å². The zero-order valence-corrected chi connectivity index (χ0v) is 22.7. The number of aryl methyl sites for hydroxylation is 1. The van der Waals surface area contributed by atoms with Crippen LogP contribution < -0.4 is 9.62 Å². The molecule has 7 nitrogen and oxygen atoms in total. The Morgan fingerprint density at radius 3 is 2.08 bits per heavy atom. The molecule has 0 aliphatic heterocycles. The Morgan fingerprint density at radius 2 is 1.47 bits per heavy atom. The molecule has 0 spiro atoms. The van der Waals surface area contributed by atoms with Gasteiger partial charge in [0.15, 0.2) is 0 Å². The number of carbonyl (C=O) groups is 2. The third-order valence-corrected chi connectivity index (χ3v) is 8.78. The standard InChI is InChI=1S/C30H35N3O4S/c1-23-17-19-27(20-18-23)33(38(36,37)28-15-7-4-8-16-28)22-29(34)32(21-25-11-5-3-6-12-25)24(2)30(35)31-26-13-9-10-14-26/h3-8,11-12,15-20,24,26H,9-10,13-14,21-22H2,1-2H3,(H,31,35). The number of anilines is 1. The Bertz CT molecular complexity index is 1320. The molecule has 1 aliphatic rings. The first kappa shape index (κ1) is 27.4. The number of carbonyl (C=O) groups excluding carboxylic acids is 2. The zero-order valence-electron chi connectivity index (χ0n) is 21.9. The summed E-state index contributed by atoms with van der Waals surface area (Å²) in [7, 11) is -4.05. The topological polar surface area (TPSA) is 86.8 Å². The lowest BCUT2D eigenvalue weighted by Crippen LogP contribution is -2.52. The molecule has 1 N–H and O–H groups in total. The van der Waals surface area contributed by atoms with Gasteiger partial charge >= 0.3 is 0 Å². The van der Waals surface area contributed by atoms with Crippen LogP contribution in [0.3, 0.4) is 0 Å². The fourth-order valence-electron chi connectivity index (χ4n) is 4.71. The van der Waals surface area contributed by atoms with Crippen LogP contribution in [0, 0.1) is 6.92 Å². The molecule has 1 aliphatic carbocycles. The molecule has 1 atom stereocenters. The van der Waals surface area contributed by atoms with Crippen LogP contribution in [0.25, 0.3) is 0 Å². The van der Waals surface area contributed by atoms with Gasteiger partial charge in [0.1, 0.15) is 12.6 Å². The van der Waals surface area contributed by atoms with Crippen LogP contribution in [0.4, 0.5) is 5.69 Å². The minimum Gasteiger partial charge on any atom is -0.352 e. The van der Waals surface area contributed by atoms with Crippen LogP contribution >= 0.6 is 0 Å². The molecule has 4 rings (SSSR count). The Hall–Kier alpha value is -3.65. The lowest BCUT2D eigenvalue weighted by Gasteiger charge is -2.32. The largest absolute Gasteiger partial charge is 0.352 e. The van der Waals surface area contributed by atoms with Gasteiger partial charge in [-0.05, 0) is 56.5 Å². The Kier molecular flexibility index (Phi) is 8.84. The first-order chi connectivity index (χ1) is 18.3. The lowest BCUT2D eigenvalue weighted by molar-refractivity contribution is -0.139. The molecule has 1 unspecified atom stereocenters. The summed E-state index contributed by atoms with van der Waals surface area (Å²) in [6.45, 7) is 3.37. The first-order valence-corrected chi connectivity index (χ1v) is 14.5. The third-order valence-electron chi connectivity index (χ3n) is 7.00. The highest BCUT2D eigenvalue weighted by molar-refractivity contribution is 7.92. The number of amides is 2. The van der Waals surface area contributed by atoms with Gasteiger partial charge in [0.2, 0.25) is 11.8 Å². The molecule has 3 aromatic carbocycles. The van der Waals surface area contributed by atoms with Gasteiger partial charge in [-0.25, -0.2) is 8.42 Å². The Balaban J connectivity index is 1.65. The van der Waals surface area contributed by atoms with Gasteiger partial charge < -0.3 is 10.2 Å². The molecule has 0 radical (unpaired) electrons. The average Bonchev–Trinajstić information content (AvgIpc) is 3.44. The van der Waals surface area contributed by atoms with Crippen LogP contribution in [-0.2, 0) is 26.2 Å². The van der Waals surface area contributed by atoms with E-state index in [0.717, 1.165) is 41.1 Å². The molecular formula is C30H35N3O4S. The predicted octanol–water partition coefficient (Wildman–Crippen LogP) is 4.67. The molecule has 0 bridgehead atoms. The molecule has 2 amide bonds. The van der Waals surface area contributed by atoms with E-state index in [1.165, 1.54) is 17.0 Å². The van der Waals surface area contributed by atoms with Gasteiger partial charge in [-0.2, -0.15) is 0 Å². The second kappa shape index (κ2) is 12.3. The van der Waals surface area contributed by atoms with Gasteiger partial charge in [-0.15, -0.1) is 0 Å². The van der Waals surface area contributed by atoms with Gasteiger partial charge in [0.25, 0.3) is 10.0 Å². The van der Waals surface area contributed by atoms with E-state index in [4.69, 9.17) is 0 Å². The van der Waals surface area contributed by atoms with E-state index in [9.17, 15) is 18.0 Å². The molecule has 0 heterocycles. The molecule has 8 heteroatoms. The molecular weight excluding hydrogens is 498 g/mol. The van der Waals surface area contributed by atoms with Crippen molar-refractivity contribution in [1.82, 2.24) is 10.2 Å². The van der Waals surface area contributed by atoms with Crippen molar-refractivity contribution in [1.29, 1.82) is 0 Å². The van der Waals surface area contributed by atoms with Crippen LogP contribution in [0.5, 0.6) is 0 Å². The monoisotopic (exact) mass is 533 g/mol. The smallest absolute Gasteiger partial charge is 0.264 e. The number of sulfonamides is 1. The van der Waals surface area contributed by atoms with E-state index in [-0.39, 0.29) is 23.4 Å². The van der Waals surface area contributed by atoms with Gasteiger partial charge in [0, 0.05) is 12.6 Å². The molecule has 0 aromatic heterocycles. The molecule has 200 valence electrons. The van der Waals surface area contributed by atoms with Crippen molar-refractivity contribution in [2.45, 2.75) is 63.1 Å². The summed E-state index contributed by atoms with van der Waals surface area (Å²) in [5, 5.41) is 3.08. The molecule has 3 aromatic rings. The summed E-state index contributed by atoms with van der Waals surface area (Å²) < 4.78 is 28.6. The minimum atomic E-state index is -4.05. The number of benzene rings is 3. The van der Waals surface area contributed by atoms with E-state index in [2.05, 4.69) is 5.32 Å². The maximum absolute atomic E-state index is 13.9. The summed E-state index contributed by atoms with van der Waals surface area (Å²) in [4.78, 5) is 28.7. The maximum atomic E-state index is 13.9. The highest BCUT2D eigenvalue weighted by atomic mass is 32.2. The first-order valence-electron chi connectivity index (χ1n) is 13.0. The molecule has 0 saturated heterocycles. The van der Waals surface area contributed by atoms with Crippen molar-refractivity contribution >= 4 is 27.5 Å². The Labute approximate surface area is 225 Å². The Morgan fingerprint density at radius 1 is 0.895 bits per heavy atom. The SMILES string of the molecule is Cc1ccc(N(CC(=O)N(Cc2ccccc2)C(C)C(=O)NC2CCCC2)S(=O)(=O)c2ccccc2)cc1. The van der Waals surface area contributed by atoms with E-state index >= 15 is 0 Å². The van der Waals surface area contributed by atoms with Crippen molar-refractivity contribution in [2.75, 3.05) is 10.8 Å². The van der Waals surface area contributed by atoms with E-state index in [1.807, 2.05) is 49.4 Å². The summed E-state index contributed by atoms with van der Waals surface area (Å²) in [6, 6.07) is 23.8. The number of hydrogen-bond acceptors (Lipinski definition) is 4. The fourth-order valence-corrected chi connectivity index (χ4v) is 6.15. The summed E-state index contributed by atoms with van der Waals surface area (Å²) in [5.74, 6) is -0.683. The van der Waals surface area contributed by atoms with Gasteiger partial charge in [-0.1, -0.05) is 79.1 Å². The van der Waals surface area contributed by atoms with Crippen LogP contribution in [0.2, 0.25) is 0 Å². The second-order valence-electron chi connectivity index (χ2n) is 9.83. The normalized spacial score (nSPS) is 14.6. The third kappa shape index (κ3) is 6.61. The molecule has 1 saturated carbocycles. The average molecular weight is 534 g/mol. The fraction of sp³-hybridized carbons (Fsp3) is 0.333. The zero-order chi connectivity index (χ0) is 27.1. The van der Waals surface area contributed by atoms with Gasteiger partial charge in [0.05, 0.1) is 10.6 Å². The summed E-state index contributed by atoms with van der Waals surface area (Å²) >= 11 is 0. The lowest BCUT2D eigenvalue weighted by atomic mass is 10.1. The van der Waals surface area contributed by atoms with Crippen molar-refractivity contribution in [3.05, 3.63) is 96.1 Å². The summed E-state index contributed by atoms with van der Waals surface area (Å²) in [6.07, 6.45) is 4.02. The van der Waals surface area contributed by atoms with Gasteiger partial charge in [-0.3, -0.25) is 13.9 Å². The summed E-state index contributed by atoms with van der Waals surface area (Å²) in [5.41, 5.74) is 2.21. The maximum Gasteiger partial charge on any atom is 0.264 e. The van der Waals surface area contributed by atoms with E-state index in [1.54, 1.807) is 37.3 Å². The number of rotatable bonds is 10. The van der Waals surface area contributed by atoms with Crippen molar-refractivity contribution in [2.24, 2.45) is 0 Å². The van der Waals surface area contributed by atoms with Crippen LogP contribution in [-0.4, -0.2) is 43.8 Å². The van der Waals surface area contributed by atoms with Crippen molar-refractivity contribution in [3.8, 4) is 0 Å². The number of nitrogens with one attached hydrogen (secondary N) is 1. The minimum absolute atomic E-state index is 0.0926. The van der Waals surface area contributed by atoms with Crippen LogP contribution in [0.1, 0.15) is 43.7 Å². The quantitative estimate of drug-likeness (QED) is 0.411. The highest BCUT2D eigenvalue weighted by Gasteiger charge is 2.33. The molecule has 1 fully saturated rings. The predicted molar refractivity (Wildman–Crippen MR) is 149 cm³/mol.